The Morgan fingerprint density at radius 3 is 2.95 bits per heavy atom. The van der Waals surface area contributed by atoms with Crippen LogP contribution in [0.2, 0.25) is 0 Å². The summed E-state index contributed by atoms with van der Waals surface area (Å²) >= 11 is 0. The minimum atomic E-state index is 0.576. The molecular weight excluding hydrogens is 254 g/mol. The maximum absolute atomic E-state index is 5.30. The first-order chi connectivity index (χ1) is 9.90. The molecule has 0 bridgehead atoms. The van der Waals surface area contributed by atoms with E-state index in [2.05, 4.69) is 20.1 Å². The smallest absolute Gasteiger partial charge is 0.365 e. The van der Waals surface area contributed by atoms with Gasteiger partial charge in [0.15, 0.2) is 0 Å². The van der Waals surface area contributed by atoms with Gasteiger partial charge in [-0.1, -0.05) is 0 Å². The molecule has 6 nitrogen and oxygen atoms in total. The Morgan fingerprint density at radius 2 is 2.15 bits per heavy atom. The molecule has 3 heterocycles. The molecule has 0 spiro atoms. The van der Waals surface area contributed by atoms with Crippen molar-refractivity contribution in [2.24, 2.45) is 0 Å². The Kier molecular flexibility index (Phi) is 2.32. The Balaban J connectivity index is 1.88. The standard InChI is InChI=1S/C14H9N5O/c1-4-17-19(6-1)13-9-16-11-3-2-10(8-12(11)18-13)14-15-5-7-20-14/h1-9H/p+1. The van der Waals surface area contributed by atoms with Crippen LogP contribution < -0.4 is 4.68 Å². The van der Waals surface area contributed by atoms with Crippen molar-refractivity contribution in [2.45, 2.75) is 0 Å². The average molecular weight is 264 g/mol. The lowest BCUT2D eigenvalue weighted by molar-refractivity contribution is -0.658. The molecule has 0 saturated heterocycles. The summed E-state index contributed by atoms with van der Waals surface area (Å²) < 4.78 is 7.10. The third kappa shape index (κ3) is 1.74. The van der Waals surface area contributed by atoms with Crippen molar-refractivity contribution in [2.75, 3.05) is 0 Å². The summed E-state index contributed by atoms with van der Waals surface area (Å²) in [5.74, 6) is 1.30. The van der Waals surface area contributed by atoms with E-state index < -0.39 is 0 Å². The minimum Gasteiger partial charge on any atom is -0.445 e. The van der Waals surface area contributed by atoms with E-state index in [1.807, 2.05) is 36.7 Å². The van der Waals surface area contributed by atoms with Crippen molar-refractivity contribution >= 4 is 11.0 Å². The van der Waals surface area contributed by atoms with Crippen molar-refractivity contribution in [3.63, 3.8) is 0 Å². The number of rotatable bonds is 2. The summed E-state index contributed by atoms with van der Waals surface area (Å²) in [6.45, 7) is 0. The number of oxazole rings is 1. The minimum absolute atomic E-state index is 0.576. The molecule has 6 heteroatoms. The highest BCUT2D eigenvalue weighted by molar-refractivity contribution is 5.79. The number of hydrogen-bond donors (Lipinski definition) is 1. The highest BCUT2D eigenvalue weighted by Gasteiger charge is 2.13. The van der Waals surface area contributed by atoms with Gasteiger partial charge in [-0.15, -0.1) is 4.68 Å². The second-order valence-electron chi connectivity index (χ2n) is 4.28. The van der Waals surface area contributed by atoms with Gasteiger partial charge in [0, 0.05) is 17.8 Å². The molecule has 96 valence electrons. The largest absolute Gasteiger partial charge is 0.445 e. The number of nitrogens with zero attached hydrogens (tertiary/aromatic N) is 4. The van der Waals surface area contributed by atoms with Gasteiger partial charge in [0.25, 0.3) is 0 Å². The van der Waals surface area contributed by atoms with Crippen LogP contribution in [0.25, 0.3) is 28.3 Å². The maximum Gasteiger partial charge on any atom is 0.365 e. The first kappa shape index (κ1) is 10.9. The molecule has 4 aromatic rings. The Morgan fingerprint density at radius 1 is 1.15 bits per heavy atom. The van der Waals surface area contributed by atoms with Gasteiger partial charge in [-0.2, -0.15) is 0 Å². The predicted molar refractivity (Wildman–Crippen MR) is 70.9 cm³/mol. The van der Waals surface area contributed by atoms with E-state index in [1.165, 1.54) is 0 Å². The summed E-state index contributed by atoms with van der Waals surface area (Å²) in [5.41, 5.74) is 2.50. The number of hydrogen-bond acceptors (Lipinski definition) is 4. The van der Waals surface area contributed by atoms with Crippen LogP contribution in [-0.4, -0.2) is 20.1 Å². The van der Waals surface area contributed by atoms with Crippen molar-refractivity contribution in [1.29, 1.82) is 0 Å². The maximum atomic E-state index is 5.30. The van der Waals surface area contributed by atoms with E-state index in [9.17, 15) is 0 Å². The summed E-state index contributed by atoms with van der Waals surface area (Å²) in [6.07, 6.45) is 8.61. The fourth-order valence-electron chi connectivity index (χ4n) is 2.05. The first-order valence-corrected chi connectivity index (χ1v) is 6.12. The van der Waals surface area contributed by atoms with Crippen LogP contribution in [0.3, 0.4) is 0 Å². The molecule has 0 unspecified atom stereocenters. The second-order valence-corrected chi connectivity index (χ2v) is 4.28. The van der Waals surface area contributed by atoms with Crippen molar-refractivity contribution in [3.05, 3.63) is 55.3 Å². The number of nitrogens with one attached hydrogen (secondary N) is 1. The molecule has 0 saturated carbocycles. The SMILES string of the molecule is c1c[nH][n+](-c2cnc3ccc(-c4ncco4)cc3n2)c1. The van der Waals surface area contributed by atoms with E-state index in [-0.39, 0.29) is 0 Å². The molecule has 0 radical (unpaired) electrons. The first-order valence-electron chi connectivity index (χ1n) is 6.12. The molecule has 0 fully saturated rings. The normalized spacial score (nSPS) is 11.0. The summed E-state index contributed by atoms with van der Waals surface area (Å²) in [4.78, 5) is 13.1. The molecular formula is C14H10N5O+. The summed E-state index contributed by atoms with van der Waals surface area (Å²) in [6, 6.07) is 7.64. The fraction of sp³-hybridized carbons (Fsp3) is 0. The monoisotopic (exact) mass is 264 g/mol. The molecule has 0 aliphatic heterocycles. The predicted octanol–water partition coefficient (Wildman–Crippen LogP) is 1.89. The summed E-state index contributed by atoms with van der Waals surface area (Å²) in [7, 11) is 0. The van der Waals surface area contributed by atoms with Gasteiger partial charge in [0.1, 0.15) is 24.2 Å². The highest BCUT2D eigenvalue weighted by atomic mass is 16.3. The molecule has 0 aliphatic carbocycles. The molecule has 4 rings (SSSR count). The Hall–Kier alpha value is -3.02. The van der Waals surface area contributed by atoms with Crippen LogP contribution in [0.5, 0.6) is 0 Å². The van der Waals surface area contributed by atoms with Crippen LogP contribution in [0.1, 0.15) is 0 Å². The van der Waals surface area contributed by atoms with Crippen LogP contribution in [0.4, 0.5) is 0 Å². The van der Waals surface area contributed by atoms with Gasteiger partial charge >= 0.3 is 5.82 Å². The quantitative estimate of drug-likeness (QED) is 0.561. The number of H-pyrrole nitrogens is 1. The number of aromatic amines is 1. The molecule has 1 N–H and O–H groups in total. The lowest BCUT2D eigenvalue weighted by Crippen LogP contribution is -2.32. The molecule has 1 aromatic carbocycles. The third-order valence-electron chi connectivity index (χ3n) is 3.00. The molecule has 0 aliphatic rings. The molecule has 3 aromatic heterocycles. The number of benzene rings is 1. The van der Waals surface area contributed by atoms with Gasteiger partial charge in [-0.25, -0.2) is 15.1 Å². The molecule has 0 atom stereocenters. The van der Waals surface area contributed by atoms with Gasteiger partial charge in [-0.05, 0) is 23.2 Å². The van der Waals surface area contributed by atoms with Gasteiger partial charge in [0.2, 0.25) is 11.4 Å². The van der Waals surface area contributed by atoms with Gasteiger partial charge in [-0.3, -0.25) is 0 Å². The Bertz CT molecular complexity index is 784. The molecule has 0 amide bonds. The van der Waals surface area contributed by atoms with Crippen LogP contribution in [-0.2, 0) is 0 Å². The number of aromatic nitrogens is 5. The zero-order valence-electron chi connectivity index (χ0n) is 10.4. The molecule has 20 heavy (non-hydrogen) atoms. The van der Waals surface area contributed by atoms with Crippen molar-refractivity contribution in [3.8, 4) is 17.3 Å². The topological polar surface area (TPSA) is 71.5 Å². The van der Waals surface area contributed by atoms with Crippen LogP contribution in [0.15, 0.2) is 59.7 Å². The van der Waals surface area contributed by atoms with E-state index in [0.717, 1.165) is 22.4 Å². The third-order valence-corrected chi connectivity index (χ3v) is 3.00. The van der Waals surface area contributed by atoms with E-state index in [4.69, 9.17) is 4.42 Å². The van der Waals surface area contributed by atoms with Crippen LogP contribution in [0, 0.1) is 0 Å². The van der Waals surface area contributed by atoms with Crippen molar-refractivity contribution < 1.29 is 9.10 Å². The van der Waals surface area contributed by atoms with Crippen molar-refractivity contribution in [1.82, 2.24) is 20.1 Å². The van der Waals surface area contributed by atoms with E-state index in [0.29, 0.717) is 5.89 Å². The zero-order valence-corrected chi connectivity index (χ0v) is 10.4. The zero-order chi connectivity index (χ0) is 13.4. The number of fused-ring (bicyclic) bond motifs is 1. The van der Waals surface area contributed by atoms with Gasteiger partial charge < -0.3 is 4.42 Å². The fourth-order valence-corrected chi connectivity index (χ4v) is 2.05. The highest BCUT2D eigenvalue weighted by Crippen LogP contribution is 2.21. The lowest BCUT2D eigenvalue weighted by atomic mass is 10.2. The lowest BCUT2D eigenvalue weighted by Gasteiger charge is -1.97. The van der Waals surface area contributed by atoms with Gasteiger partial charge in [0.05, 0.1) is 6.20 Å². The Labute approximate surface area is 113 Å². The summed E-state index contributed by atoms with van der Waals surface area (Å²) in [5, 5.41) is 3.04. The second kappa shape index (κ2) is 4.27. The van der Waals surface area contributed by atoms with E-state index in [1.54, 1.807) is 23.3 Å². The van der Waals surface area contributed by atoms with E-state index >= 15 is 0 Å². The average Bonchev–Trinajstić information content (AvgIpc) is 3.19. The van der Waals surface area contributed by atoms with Crippen LogP contribution >= 0.6 is 0 Å².